The van der Waals surface area contributed by atoms with E-state index in [1.54, 1.807) is 0 Å². The lowest BCUT2D eigenvalue weighted by Crippen LogP contribution is -2.41. The molecule has 0 aromatic heterocycles. The Kier molecular flexibility index (Phi) is 8.84. The molecule has 1 fully saturated rings. The number of carbonyl (C=O) groups excluding carboxylic acids is 1. The molecule has 0 aromatic rings. The molecule has 1 amide bonds. The first kappa shape index (κ1) is 16.4. The van der Waals surface area contributed by atoms with Gasteiger partial charge in [-0.3, -0.25) is 4.79 Å². The van der Waals surface area contributed by atoms with E-state index >= 15 is 0 Å². The van der Waals surface area contributed by atoms with Crippen LogP contribution in [0.5, 0.6) is 0 Å². The molecule has 4 nitrogen and oxygen atoms in total. The maximum absolute atomic E-state index is 12.0. The summed E-state index contributed by atoms with van der Waals surface area (Å²) in [6.45, 7) is 5.13. The summed E-state index contributed by atoms with van der Waals surface area (Å²) in [4.78, 5) is 14.0. The first-order valence-corrected chi connectivity index (χ1v) is 7.87. The van der Waals surface area contributed by atoms with E-state index < -0.39 is 0 Å². The molecule has 0 aliphatic carbocycles. The smallest absolute Gasteiger partial charge is 0.222 e. The number of likely N-dealkylation sites (tertiary alicyclic amines) is 1. The van der Waals surface area contributed by atoms with Crippen LogP contribution < -0.4 is 5.73 Å². The number of nitrogens with zero attached hydrogens (tertiary/aromatic N) is 1. The minimum Gasteiger partial charge on any atom is -0.377 e. The Labute approximate surface area is 117 Å². The van der Waals surface area contributed by atoms with Crippen molar-refractivity contribution in [1.82, 2.24) is 4.90 Å². The molecule has 0 unspecified atom stereocenters. The van der Waals surface area contributed by atoms with Crippen LogP contribution in [0.25, 0.3) is 0 Å². The van der Waals surface area contributed by atoms with Crippen molar-refractivity contribution in [3.8, 4) is 0 Å². The summed E-state index contributed by atoms with van der Waals surface area (Å²) in [7, 11) is 0. The maximum Gasteiger partial charge on any atom is 0.222 e. The van der Waals surface area contributed by atoms with Crippen molar-refractivity contribution in [3.05, 3.63) is 0 Å². The number of nitrogens with two attached hydrogens (primary N) is 1. The first-order chi connectivity index (χ1) is 9.27. The second-order valence-corrected chi connectivity index (χ2v) is 5.40. The molecule has 1 aliphatic heterocycles. The zero-order chi connectivity index (χ0) is 13.9. The number of amides is 1. The largest absolute Gasteiger partial charge is 0.377 e. The van der Waals surface area contributed by atoms with Crippen molar-refractivity contribution in [3.63, 3.8) is 0 Å². The molecule has 2 N–H and O–H groups in total. The Hall–Kier alpha value is -0.610. The van der Waals surface area contributed by atoms with Crippen molar-refractivity contribution in [2.75, 3.05) is 26.2 Å². The van der Waals surface area contributed by atoms with Gasteiger partial charge in [-0.05, 0) is 19.3 Å². The molecule has 19 heavy (non-hydrogen) atoms. The third-order valence-corrected chi connectivity index (χ3v) is 3.76. The van der Waals surface area contributed by atoms with Gasteiger partial charge in [-0.2, -0.15) is 0 Å². The highest BCUT2D eigenvalue weighted by Gasteiger charge is 2.22. The van der Waals surface area contributed by atoms with Gasteiger partial charge < -0.3 is 15.4 Å². The highest BCUT2D eigenvalue weighted by atomic mass is 16.5. The highest BCUT2D eigenvalue weighted by Crippen LogP contribution is 2.15. The van der Waals surface area contributed by atoms with Gasteiger partial charge in [0.25, 0.3) is 0 Å². The van der Waals surface area contributed by atoms with Gasteiger partial charge in [-0.1, -0.05) is 32.6 Å². The van der Waals surface area contributed by atoms with Crippen LogP contribution in [0.4, 0.5) is 0 Å². The second-order valence-electron chi connectivity index (χ2n) is 5.40. The maximum atomic E-state index is 12.0. The molecule has 112 valence electrons. The molecule has 0 radical (unpaired) electrons. The number of hydrogen-bond donors (Lipinski definition) is 1. The first-order valence-electron chi connectivity index (χ1n) is 7.87. The van der Waals surface area contributed by atoms with Crippen molar-refractivity contribution in [2.45, 2.75) is 64.4 Å². The van der Waals surface area contributed by atoms with E-state index in [0.29, 0.717) is 25.2 Å². The highest BCUT2D eigenvalue weighted by molar-refractivity contribution is 5.76. The SMILES string of the molecule is CCCCCCCC(=O)N1CCC(OCCN)CC1. The fourth-order valence-electron chi connectivity index (χ4n) is 2.54. The molecule has 1 rings (SSSR count). The van der Waals surface area contributed by atoms with Crippen molar-refractivity contribution >= 4 is 5.91 Å². The van der Waals surface area contributed by atoms with Crippen molar-refractivity contribution in [1.29, 1.82) is 0 Å². The van der Waals surface area contributed by atoms with E-state index in [4.69, 9.17) is 10.5 Å². The molecule has 1 saturated heterocycles. The summed E-state index contributed by atoms with van der Waals surface area (Å²) in [6.07, 6.45) is 8.98. The van der Waals surface area contributed by atoms with Crippen molar-refractivity contribution < 1.29 is 9.53 Å². The number of unbranched alkanes of at least 4 members (excludes halogenated alkanes) is 4. The van der Waals surface area contributed by atoms with Crippen LogP contribution in [0, 0.1) is 0 Å². The lowest BCUT2D eigenvalue weighted by Gasteiger charge is -2.32. The number of hydrogen-bond acceptors (Lipinski definition) is 3. The predicted octanol–water partition coefficient (Wildman–Crippen LogP) is 2.31. The van der Waals surface area contributed by atoms with E-state index in [1.807, 2.05) is 4.90 Å². The van der Waals surface area contributed by atoms with Crippen LogP contribution in [0.3, 0.4) is 0 Å². The number of rotatable bonds is 9. The molecule has 1 heterocycles. The molecule has 0 bridgehead atoms. The number of ether oxygens (including phenoxy) is 1. The Morgan fingerprint density at radius 3 is 2.53 bits per heavy atom. The van der Waals surface area contributed by atoms with E-state index in [1.165, 1.54) is 25.7 Å². The predicted molar refractivity (Wildman–Crippen MR) is 78.0 cm³/mol. The Balaban J connectivity index is 2.07. The van der Waals surface area contributed by atoms with Crippen LogP contribution in [0.1, 0.15) is 58.3 Å². The van der Waals surface area contributed by atoms with Crippen LogP contribution in [0.2, 0.25) is 0 Å². The van der Waals surface area contributed by atoms with Gasteiger partial charge in [0.2, 0.25) is 5.91 Å². The fraction of sp³-hybridized carbons (Fsp3) is 0.933. The number of carbonyl (C=O) groups is 1. The van der Waals surface area contributed by atoms with Gasteiger partial charge in [0.15, 0.2) is 0 Å². The summed E-state index contributed by atoms with van der Waals surface area (Å²) in [5.41, 5.74) is 5.42. The van der Waals surface area contributed by atoms with E-state index in [-0.39, 0.29) is 0 Å². The summed E-state index contributed by atoms with van der Waals surface area (Å²) in [5.74, 6) is 0.328. The van der Waals surface area contributed by atoms with Gasteiger partial charge >= 0.3 is 0 Å². The Morgan fingerprint density at radius 1 is 1.21 bits per heavy atom. The lowest BCUT2D eigenvalue weighted by atomic mass is 10.1. The fourth-order valence-corrected chi connectivity index (χ4v) is 2.54. The van der Waals surface area contributed by atoms with Gasteiger partial charge in [0, 0.05) is 26.1 Å². The summed E-state index contributed by atoms with van der Waals surface area (Å²) >= 11 is 0. The van der Waals surface area contributed by atoms with Gasteiger partial charge in [-0.25, -0.2) is 0 Å². The molecule has 0 aromatic carbocycles. The molecule has 4 heteroatoms. The quantitative estimate of drug-likeness (QED) is 0.654. The van der Waals surface area contributed by atoms with Gasteiger partial charge in [-0.15, -0.1) is 0 Å². The third-order valence-electron chi connectivity index (χ3n) is 3.76. The van der Waals surface area contributed by atoms with Gasteiger partial charge in [0.05, 0.1) is 12.7 Å². The monoisotopic (exact) mass is 270 g/mol. The summed E-state index contributed by atoms with van der Waals surface area (Å²) in [6, 6.07) is 0. The van der Waals surface area contributed by atoms with E-state index in [0.717, 1.165) is 38.8 Å². The topological polar surface area (TPSA) is 55.6 Å². The summed E-state index contributed by atoms with van der Waals surface area (Å²) in [5, 5.41) is 0. The standard InChI is InChI=1S/C15H30N2O2/c1-2-3-4-5-6-7-15(18)17-11-8-14(9-12-17)19-13-10-16/h14H,2-13,16H2,1H3. The van der Waals surface area contributed by atoms with Crippen LogP contribution in [0.15, 0.2) is 0 Å². The minimum atomic E-state index is 0.303. The average molecular weight is 270 g/mol. The van der Waals surface area contributed by atoms with Crippen LogP contribution in [-0.4, -0.2) is 43.2 Å². The Bertz CT molecular complexity index is 238. The lowest BCUT2D eigenvalue weighted by molar-refractivity contribution is -0.133. The van der Waals surface area contributed by atoms with Crippen molar-refractivity contribution in [2.24, 2.45) is 5.73 Å². The number of piperidine rings is 1. The third kappa shape index (κ3) is 6.92. The Morgan fingerprint density at radius 2 is 1.89 bits per heavy atom. The molecule has 0 atom stereocenters. The normalized spacial score (nSPS) is 16.8. The molecule has 0 spiro atoms. The summed E-state index contributed by atoms with van der Waals surface area (Å²) < 4.78 is 5.62. The second kappa shape index (κ2) is 10.2. The minimum absolute atomic E-state index is 0.303. The molecule has 0 saturated carbocycles. The molecule has 1 aliphatic rings. The zero-order valence-electron chi connectivity index (χ0n) is 12.4. The molecular weight excluding hydrogens is 240 g/mol. The zero-order valence-corrected chi connectivity index (χ0v) is 12.4. The van der Waals surface area contributed by atoms with Crippen LogP contribution >= 0.6 is 0 Å². The average Bonchev–Trinajstić information content (AvgIpc) is 2.45. The van der Waals surface area contributed by atoms with Crippen LogP contribution in [-0.2, 0) is 9.53 Å². The van der Waals surface area contributed by atoms with Gasteiger partial charge in [0.1, 0.15) is 0 Å². The molecular formula is C15H30N2O2. The van der Waals surface area contributed by atoms with E-state index in [2.05, 4.69) is 6.92 Å². The van der Waals surface area contributed by atoms with E-state index in [9.17, 15) is 4.79 Å².